The first-order valence-electron chi connectivity index (χ1n) is 21.5. The van der Waals surface area contributed by atoms with Gasteiger partial charge in [0.1, 0.15) is 5.82 Å². The minimum Gasteiger partial charge on any atom is -0.310 e. The molecule has 71 heavy (non-hydrogen) atoms. The third-order valence-electron chi connectivity index (χ3n) is 12.3. The van der Waals surface area contributed by atoms with E-state index in [4.69, 9.17) is 21.5 Å². The molecule has 0 aliphatic heterocycles. The molecule has 16 heteroatoms. The first kappa shape index (κ1) is 44.7. The fourth-order valence-corrected chi connectivity index (χ4v) is 9.24. The Labute approximate surface area is 395 Å². The fraction of sp³-hybridized carbons (Fsp3) is 0.0545. The predicted molar refractivity (Wildman–Crippen MR) is 251 cm³/mol. The maximum atomic E-state index is 15.2. The summed E-state index contributed by atoms with van der Waals surface area (Å²) < 4.78 is 148. The second-order valence-electron chi connectivity index (χ2n) is 16.5. The van der Waals surface area contributed by atoms with Gasteiger partial charge >= 0.3 is 18.5 Å². The molecule has 0 spiro atoms. The van der Waals surface area contributed by atoms with Crippen LogP contribution in [-0.2, 0) is 18.5 Å². The smallest absolute Gasteiger partial charge is 0.310 e. The number of rotatable bonds is 6. The number of hydrogen-bond acceptors (Lipinski definition) is 3. The van der Waals surface area contributed by atoms with Gasteiger partial charge < -0.3 is 9.13 Å². The Kier molecular flexibility index (Phi) is 10.3. The van der Waals surface area contributed by atoms with Crippen LogP contribution in [0.4, 0.5) is 49.6 Å². The van der Waals surface area contributed by atoms with Crippen LogP contribution in [0, 0.1) is 12.4 Å². The summed E-state index contributed by atoms with van der Waals surface area (Å²) in [4.78, 5) is 18.8. The van der Waals surface area contributed by atoms with Crippen LogP contribution >= 0.6 is 0 Å². The van der Waals surface area contributed by atoms with Crippen molar-refractivity contribution in [1.29, 1.82) is 0 Å². The molecule has 3 heterocycles. The van der Waals surface area contributed by atoms with Crippen molar-refractivity contribution in [1.82, 2.24) is 24.1 Å². The Morgan fingerprint density at radius 3 is 1.23 bits per heavy atom. The number of halogens is 10. The lowest BCUT2D eigenvalue weighted by Gasteiger charge is -2.22. The van der Waals surface area contributed by atoms with E-state index in [9.17, 15) is 39.5 Å². The van der Waals surface area contributed by atoms with E-state index < -0.39 is 41.0 Å². The molecule has 0 unspecified atom stereocenters. The molecule has 0 atom stereocenters. The minimum atomic E-state index is -4.87. The summed E-state index contributed by atoms with van der Waals surface area (Å²) in [6.07, 6.45) is -14.5. The number of nitrogens with zero attached hydrogens (tertiary/aromatic N) is 6. The number of aromatic nitrogens is 5. The van der Waals surface area contributed by atoms with Gasteiger partial charge in [0.2, 0.25) is 0 Å². The van der Waals surface area contributed by atoms with Gasteiger partial charge in [-0.25, -0.2) is 24.2 Å². The zero-order chi connectivity index (χ0) is 49.6. The van der Waals surface area contributed by atoms with Crippen LogP contribution in [-0.4, -0.2) is 24.1 Å². The molecule has 6 nitrogen and oxygen atoms in total. The quantitative estimate of drug-likeness (QED) is 0.123. The van der Waals surface area contributed by atoms with Gasteiger partial charge in [0.25, 0.3) is 0 Å². The first-order valence-corrected chi connectivity index (χ1v) is 21.5. The van der Waals surface area contributed by atoms with Crippen LogP contribution in [0.3, 0.4) is 0 Å². The van der Waals surface area contributed by atoms with Gasteiger partial charge in [-0.3, -0.25) is 0 Å². The van der Waals surface area contributed by atoms with E-state index in [1.165, 1.54) is 28.8 Å². The van der Waals surface area contributed by atoms with E-state index in [2.05, 4.69) is 4.85 Å². The van der Waals surface area contributed by atoms with Gasteiger partial charge in [-0.2, -0.15) is 39.5 Å². The normalized spacial score (nSPS) is 12.4. The van der Waals surface area contributed by atoms with Gasteiger partial charge in [-0.15, -0.1) is 0 Å². The molecule has 0 saturated carbocycles. The molecule has 0 aliphatic carbocycles. The molecule has 11 aromatic rings. The van der Waals surface area contributed by atoms with Gasteiger partial charge in [-0.1, -0.05) is 84.9 Å². The molecule has 11 rings (SSSR count). The highest BCUT2D eigenvalue weighted by molar-refractivity contribution is 6.13. The van der Waals surface area contributed by atoms with E-state index in [1.54, 1.807) is 77.4 Å². The molecule has 0 bridgehead atoms. The molecule has 0 radical (unpaired) electrons. The molecule has 0 saturated heterocycles. The van der Waals surface area contributed by atoms with E-state index >= 15 is 4.39 Å². The second-order valence-corrected chi connectivity index (χ2v) is 16.5. The maximum Gasteiger partial charge on any atom is 0.416 e. The average molecular weight is 963 g/mol. The molecule has 3 aromatic heterocycles. The van der Waals surface area contributed by atoms with Gasteiger partial charge in [-0.05, 0) is 84.9 Å². The van der Waals surface area contributed by atoms with Crippen molar-refractivity contribution in [3.05, 3.63) is 204 Å². The monoisotopic (exact) mass is 962 g/mol. The Hall–Kier alpha value is -8.84. The molecule has 348 valence electrons. The Balaban J connectivity index is 1.31. The molecular weight excluding hydrogens is 935 g/mol. The largest absolute Gasteiger partial charge is 0.416 e. The summed E-state index contributed by atoms with van der Waals surface area (Å²) in [7, 11) is 0. The molecule has 8 aromatic carbocycles. The molecule has 0 amide bonds. The number of alkyl halides is 9. The topological polar surface area (TPSA) is 52.9 Å². The van der Waals surface area contributed by atoms with E-state index in [-0.39, 0.29) is 94.8 Å². The fourth-order valence-electron chi connectivity index (χ4n) is 9.24. The zero-order valence-electron chi connectivity index (χ0n) is 36.1. The third kappa shape index (κ3) is 7.66. The van der Waals surface area contributed by atoms with Gasteiger partial charge in [0.05, 0.1) is 51.0 Å². The minimum absolute atomic E-state index is 0.0330. The maximum absolute atomic E-state index is 15.2. The lowest BCUT2D eigenvalue weighted by atomic mass is 9.93. The summed E-state index contributed by atoms with van der Waals surface area (Å²) in [5, 5.41) is -0.195. The number of fused-ring (bicyclic) bond motifs is 6. The highest BCUT2D eigenvalue weighted by Gasteiger charge is 2.35. The van der Waals surface area contributed by atoms with Gasteiger partial charge in [0.15, 0.2) is 23.2 Å². The SMILES string of the molecule is [C-]#[N+]c1cccc(-n2c3ccc(C(F)(F)F)cc3c3cc(C(F)(F)F)ccc32)c1-c1c(-c2nc(-c3ccccc3)nc(-c3ccccc3)n2)cccc1-n1c2ccc(F)cc2c2cc(C(F)(F)F)ccc21. The van der Waals surface area contributed by atoms with Crippen molar-refractivity contribution in [3.8, 4) is 56.7 Å². The third-order valence-corrected chi connectivity index (χ3v) is 12.3. The molecule has 0 aliphatic rings. The van der Waals surface area contributed by atoms with Crippen molar-refractivity contribution in [3.63, 3.8) is 0 Å². The number of benzene rings is 8. The van der Waals surface area contributed by atoms with Crippen LogP contribution in [0.25, 0.3) is 105 Å². The highest BCUT2D eigenvalue weighted by Crippen LogP contribution is 2.49. The summed E-state index contributed by atoms with van der Waals surface area (Å²) in [6, 6.07) is 39.7. The average Bonchev–Trinajstić information content (AvgIpc) is 3.86. The molecule has 0 N–H and O–H groups in total. The standard InChI is InChI=1S/C55H28F10N6/c1-66-41-15-9-17-47(71-42-22-18-32(53(57,58)59)26-37(42)38-27-33(54(60,61)62)19-23-43(38)71)49(41)48-36(52-68-50(30-10-4-2-5-11-30)67-51(69-52)31-12-6-3-7-13-31)14-8-16-46(48)70-44-24-20-34(55(63,64)65)28-39(44)40-29-35(56)21-25-45(40)70/h2-29H. The van der Waals surface area contributed by atoms with Crippen LogP contribution in [0.5, 0.6) is 0 Å². The van der Waals surface area contributed by atoms with Crippen molar-refractivity contribution < 1.29 is 43.9 Å². The summed E-state index contributed by atoms with van der Waals surface area (Å²) in [6.45, 7) is 8.63. The molecule has 0 fully saturated rings. The van der Waals surface area contributed by atoms with Crippen LogP contribution in [0.2, 0.25) is 0 Å². The summed E-state index contributed by atoms with van der Waals surface area (Å²) in [5.74, 6) is -0.206. The lowest BCUT2D eigenvalue weighted by Crippen LogP contribution is -2.07. The molecular formula is C55H28F10N6. The Bertz CT molecular complexity index is 3850. The van der Waals surface area contributed by atoms with Crippen molar-refractivity contribution in [2.75, 3.05) is 0 Å². The number of hydrogen-bond donors (Lipinski definition) is 0. The van der Waals surface area contributed by atoms with E-state index in [0.717, 1.165) is 60.7 Å². The van der Waals surface area contributed by atoms with Crippen LogP contribution in [0.1, 0.15) is 16.7 Å². The van der Waals surface area contributed by atoms with Crippen molar-refractivity contribution in [2.45, 2.75) is 18.5 Å². The highest BCUT2D eigenvalue weighted by atomic mass is 19.4. The Morgan fingerprint density at radius 1 is 0.394 bits per heavy atom. The van der Waals surface area contributed by atoms with Crippen LogP contribution in [0.15, 0.2) is 170 Å². The van der Waals surface area contributed by atoms with Gasteiger partial charge in [0, 0.05) is 55.0 Å². The van der Waals surface area contributed by atoms with E-state index in [0.29, 0.717) is 11.1 Å². The Morgan fingerprint density at radius 2 is 0.789 bits per heavy atom. The summed E-state index contributed by atoms with van der Waals surface area (Å²) in [5.41, 5.74) is -0.665. The van der Waals surface area contributed by atoms with E-state index in [1.807, 2.05) is 12.1 Å². The van der Waals surface area contributed by atoms with Crippen molar-refractivity contribution in [2.24, 2.45) is 0 Å². The predicted octanol–water partition coefficient (Wildman–Crippen LogP) is 16.5. The lowest BCUT2D eigenvalue weighted by molar-refractivity contribution is -0.138. The van der Waals surface area contributed by atoms with Crippen molar-refractivity contribution >= 4 is 49.3 Å². The first-order chi connectivity index (χ1) is 34.0. The van der Waals surface area contributed by atoms with Crippen LogP contribution < -0.4 is 0 Å². The summed E-state index contributed by atoms with van der Waals surface area (Å²) >= 11 is 0. The second kappa shape index (κ2) is 16.4. The zero-order valence-corrected chi connectivity index (χ0v) is 36.1.